The van der Waals surface area contributed by atoms with Crippen LogP contribution in [0.15, 0.2) is 48.5 Å². The zero-order chi connectivity index (χ0) is 22.3. The van der Waals surface area contributed by atoms with Crippen molar-refractivity contribution in [2.45, 2.75) is 24.7 Å². The number of halogens is 6. The van der Waals surface area contributed by atoms with Gasteiger partial charge in [0, 0.05) is 12.1 Å². The van der Waals surface area contributed by atoms with Crippen molar-refractivity contribution in [1.82, 2.24) is 9.78 Å². The van der Waals surface area contributed by atoms with Crippen molar-refractivity contribution in [2.75, 3.05) is 10.6 Å². The van der Waals surface area contributed by atoms with Crippen molar-refractivity contribution in [3.05, 3.63) is 75.7 Å². The number of benzene rings is 2. The van der Waals surface area contributed by atoms with Gasteiger partial charge in [0.05, 0.1) is 11.1 Å². The first kappa shape index (κ1) is 21.5. The Morgan fingerprint density at radius 1 is 1.16 bits per heavy atom. The average Bonchev–Trinajstić information content (AvgIpc) is 3.06. The second-order valence-corrected chi connectivity index (χ2v) is 7.72. The highest BCUT2D eigenvalue weighted by atomic mass is 35.5. The summed E-state index contributed by atoms with van der Waals surface area (Å²) in [5.74, 6) is -1.64. The number of carbonyl (C=O) groups excluding carboxylic acids is 1. The number of aromatic nitrogens is 2. The van der Waals surface area contributed by atoms with E-state index < -0.39 is 35.7 Å². The van der Waals surface area contributed by atoms with E-state index in [1.54, 1.807) is 30.3 Å². The summed E-state index contributed by atoms with van der Waals surface area (Å²) in [5, 5.41) is 8.74. The van der Waals surface area contributed by atoms with E-state index in [4.69, 9.17) is 23.2 Å². The first-order chi connectivity index (χ1) is 14.6. The summed E-state index contributed by atoms with van der Waals surface area (Å²) >= 11 is 12.0. The fraction of sp³-hybridized carbons (Fsp3) is 0.200. The highest BCUT2D eigenvalue weighted by Crippen LogP contribution is 2.46. The molecule has 3 aromatic rings. The van der Waals surface area contributed by atoms with Crippen molar-refractivity contribution in [2.24, 2.45) is 0 Å². The second kappa shape index (κ2) is 8.05. The molecule has 0 fully saturated rings. The van der Waals surface area contributed by atoms with Gasteiger partial charge < -0.3 is 10.6 Å². The molecule has 0 bridgehead atoms. The van der Waals surface area contributed by atoms with Gasteiger partial charge in [0.2, 0.25) is 0 Å². The maximum atomic E-state index is 13.8. The van der Waals surface area contributed by atoms with Gasteiger partial charge in [-0.1, -0.05) is 53.5 Å². The largest absolute Gasteiger partial charge is 0.410 e. The van der Waals surface area contributed by atoms with Crippen LogP contribution in [0.4, 0.5) is 29.1 Å². The summed E-state index contributed by atoms with van der Waals surface area (Å²) < 4.78 is 55.4. The lowest BCUT2D eigenvalue weighted by atomic mass is 9.97. The highest BCUT2D eigenvalue weighted by molar-refractivity contribution is 6.36. The van der Waals surface area contributed by atoms with Gasteiger partial charge in [-0.25, -0.2) is 9.07 Å². The molecule has 0 spiro atoms. The van der Waals surface area contributed by atoms with Gasteiger partial charge in [-0.3, -0.25) is 4.79 Å². The Bertz CT molecular complexity index is 1130. The Hall–Kier alpha value is -2.78. The molecule has 1 amide bonds. The van der Waals surface area contributed by atoms with Crippen molar-refractivity contribution in [1.29, 1.82) is 0 Å². The van der Waals surface area contributed by atoms with Gasteiger partial charge in [-0.2, -0.15) is 18.3 Å². The summed E-state index contributed by atoms with van der Waals surface area (Å²) in [4.78, 5) is 12.6. The third-order valence-corrected chi connectivity index (χ3v) is 5.54. The van der Waals surface area contributed by atoms with Gasteiger partial charge >= 0.3 is 6.18 Å². The lowest BCUT2D eigenvalue weighted by Crippen LogP contribution is -2.35. The average molecular weight is 473 g/mol. The van der Waals surface area contributed by atoms with Crippen molar-refractivity contribution in [3.63, 3.8) is 0 Å². The molecule has 1 aromatic heterocycles. The van der Waals surface area contributed by atoms with Crippen molar-refractivity contribution < 1.29 is 22.4 Å². The van der Waals surface area contributed by atoms with Crippen molar-refractivity contribution >= 4 is 40.6 Å². The molecule has 0 aliphatic carbocycles. The normalized spacial score (nSPS) is 18.3. The van der Waals surface area contributed by atoms with Crippen LogP contribution in [-0.2, 0) is 0 Å². The Morgan fingerprint density at radius 3 is 2.52 bits per heavy atom. The third-order valence-electron chi connectivity index (χ3n) is 4.89. The molecule has 0 radical (unpaired) electrons. The fourth-order valence-electron chi connectivity index (χ4n) is 3.40. The molecule has 2 N–H and O–H groups in total. The number of carbonyl (C=O) groups is 1. The molecule has 0 saturated carbocycles. The molecule has 4 rings (SSSR count). The van der Waals surface area contributed by atoms with E-state index in [0.29, 0.717) is 10.2 Å². The molecule has 2 heterocycles. The molecule has 1 aliphatic rings. The Labute approximate surface area is 184 Å². The number of hydrogen-bond donors (Lipinski definition) is 2. The van der Waals surface area contributed by atoms with E-state index in [0.717, 1.165) is 6.07 Å². The zero-order valence-electron chi connectivity index (χ0n) is 15.6. The SMILES string of the molecule is O=C(Nc1ccc(F)c(Cl)c1)c1nn2c(c1Cl)N[C@H](c1ccccc1)C[C@@H]2C(F)(F)F. The summed E-state index contributed by atoms with van der Waals surface area (Å²) in [7, 11) is 0. The van der Waals surface area contributed by atoms with Crippen LogP contribution in [0.2, 0.25) is 10.0 Å². The number of anilines is 2. The topological polar surface area (TPSA) is 59.0 Å². The van der Waals surface area contributed by atoms with Crippen molar-refractivity contribution in [3.8, 4) is 0 Å². The van der Waals surface area contributed by atoms with Crippen LogP contribution in [0.25, 0.3) is 0 Å². The predicted octanol–water partition coefficient (Wildman–Crippen LogP) is 6.24. The summed E-state index contributed by atoms with van der Waals surface area (Å²) in [5.41, 5.74) is 0.390. The lowest BCUT2D eigenvalue weighted by Gasteiger charge is -2.33. The van der Waals surface area contributed by atoms with E-state index in [-0.39, 0.29) is 28.0 Å². The van der Waals surface area contributed by atoms with Crippen LogP contribution in [0, 0.1) is 5.82 Å². The van der Waals surface area contributed by atoms with E-state index in [9.17, 15) is 22.4 Å². The molecule has 0 saturated heterocycles. The van der Waals surface area contributed by atoms with Crippen LogP contribution in [-0.4, -0.2) is 21.9 Å². The quantitative estimate of drug-likeness (QED) is 0.443. The zero-order valence-corrected chi connectivity index (χ0v) is 17.1. The second-order valence-electron chi connectivity index (χ2n) is 6.94. The summed E-state index contributed by atoms with van der Waals surface area (Å²) in [6.45, 7) is 0. The smallest absolute Gasteiger partial charge is 0.362 e. The van der Waals surface area contributed by atoms with Gasteiger partial charge in [-0.05, 0) is 23.8 Å². The van der Waals surface area contributed by atoms with Gasteiger partial charge in [0.25, 0.3) is 5.91 Å². The monoisotopic (exact) mass is 472 g/mol. The van der Waals surface area contributed by atoms with Crippen LogP contribution >= 0.6 is 23.2 Å². The maximum Gasteiger partial charge on any atom is 0.410 e. The van der Waals surface area contributed by atoms with Gasteiger partial charge in [-0.15, -0.1) is 0 Å². The highest BCUT2D eigenvalue weighted by Gasteiger charge is 2.47. The van der Waals surface area contributed by atoms with Crippen LogP contribution < -0.4 is 10.6 Å². The first-order valence-electron chi connectivity index (χ1n) is 9.07. The molecule has 162 valence electrons. The molecule has 5 nitrogen and oxygen atoms in total. The molecule has 0 unspecified atom stereocenters. The van der Waals surface area contributed by atoms with Crippen LogP contribution in [0.3, 0.4) is 0 Å². The minimum Gasteiger partial charge on any atom is -0.362 e. The van der Waals surface area contributed by atoms with Gasteiger partial charge in [0.1, 0.15) is 16.7 Å². The molecule has 2 atom stereocenters. The fourth-order valence-corrected chi connectivity index (χ4v) is 3.85. The first-order valence-corrected chi connectivity index (χ1v) is 9.83. The lowest BCUT2D eigenvalue weighted by molar-refractivity contribution is -0.173. The predicted molar refractivity (Wildman–Crippen MR) is 109 cm³/mol. The number of fused-ring (bicyclic) bond motifs is 1. The number of nitrogens with zero attached hydrogens (tertiary/aromatic N) is 2. The number of rotatable bonds is 3. The molecule has 1 aliphatic heterocycles. The number of hydrogen-bond acceptors (Lipinski definition) is 3. The molecule has 31 heavy (non-hydrogen) atoms. The minimum absolute atomic E-state index is 0.105. The van der Waals surface area contributed by atoms with Crippen LogP contribution in [0.5, 0.6) is 0 Å². The standard InChI is InChI=1S/C20H14Cl2F4N4O/c21-12-8-11(6-7-13(12)23)27-19(31)17-16(22)18-28-14(10-4-2-1-3-5-10)9-15(20(24,25)26)30(18)29-17/h1-8,14-15,28H,9H2,(H,27,31)/t14-,15+/m0/s1. The van der Waals surface area contributed by atoms with E-state index in [1.807, 2.05) is 0 Å². The molecular formula is C20H14Cl2F4N4O. The third kappa shape index (κ3) is 4.20. The van der Waals surface area contributed by atoms with E-state index in [2.05, 4.69) is 15.7 Å². The summed E-state index contributed by atoms with van der Waals surface area (Å²) in [6.07, 6.45) is -4.94. The number of nitrogens with one attached hydrogen (secondary N) is 2. The van der Waals surface area contributed by atoms with Crippen LogP contribution in [0.1, 0.15) is 34.6 Å². The molecular weight excluding hydrogens is 459 g/mol. The Balaban J connectivity index is 1.69. The van der Waals surface area contributed by atoms with E-state index in [1.165, 1.54) is 12.1 Å². The van der Waals surface area contributed by atoms with E-state index >= 15 is 0 Å². The molecule has 11 heteroatoms. The summed E-state index contributed by atoms with van der Waals surface area (Å²) in [6, 6.07) is 9.42. The number of alkyl halides is 3. The maximum absolute atomic E-state index is 13.8. The number of amides is 1. The Morgan fingerprint density at radius 2 is 1.87 bits per heavy atom. The Kier molecular flexibility index (Phi) is 5.57. The minimum atomic E-state index is -4.61. The molecule has 2 aromatic carbocycles. The van der Waals surface area contributed by atoms with Gasteiger partial charge in [0.15, 0.2) is 11.7 Å².